The topological polar surface area (TPSA) is 78.9 Å². The average molecular weight is 416 g/mol. The van der Waals surface area contributed by atoms with Crippen molar-refractivity contribution in [3.05, 3.63) is 108 Å². The Morgan fingerprint density at radius 1 is 0.710 bits per heavy atom. The number of hydrogen-bond acceptors (Lipinski definition) is 6. The number of rotatable bonds is 7. The number of para-hydroxylation sites is 2. The lowest BCUT2D eigenvalue weighted by Crippen LogP contribution is -2.18. The van der Waals surface area contributed by atoms with Gasteiger partial charge in [0.15, 0.2) is 0 Å². The summed E-state index contributed by atoms with van der Waals surface area (Å²) < 4.78 is 15.8. The largest absolute Gasteiger partial charge is 0.458 e. The van der Waals surface area contributed by atoms with Gasteiger partial charge in [-0.25, -0.2) is 14.4 Å². The summed E-state index contributed by atoms with van der Waals surface area (Å²) in [6.07, 6.45) is 0. The summed E-state index contributed by atoms with van der Waals surface area (Å²) in [7, 11) is 0. The molecule has 0 radical (unpaired) electrons. The normalized spacial score (nSPS) is 10.1. The van der Waals surface area contributed by atoms with Crippen LogP contribution in [0.4, 0.5) is 0 Å². The van der Waals surface area contributed by atoms with Crippen molar-refractivity contribution in [2.24, 2.45) is 0 Å². The molecule has 0 spiro atoms. The van der Waals surface area contributed by atoms with E-state index in [9.17, 15) is 14.4 Å². The van der Waals surface area contributed by atoms with Gasteiger partial charge in [-0.1, -0.05) is 43.0 Å². The van der Waals surface area contributed by atoms with Crippen LogP contribution in [0.25, 0.3) is 0 Å². The van der Waals surface area contributed by atoms with Gasteiger partial charge in [0, 0.05) is 0 Å². The van der Waals surface area contributed by atoms with E-state index in [0.29, 0.717) is 17.1 Å². The minimum Gasteiger partial charge on any atom is -0.458 e. The summed E-state index contributed by atoms with van der Waals surface area (Å²) in [5, 5.41) is 0. The summed E-state index contributed by atoms with van der Waals surface area (Å²) in [6, 6.07) is 20.9. The Kier molecular flexibility index (Phi) is 6.96. The predicted molar refractivity (Wildman–Crippen MR) is 114 cm³/mol. The zero-order chi connectivity index (χ0) is 22.2. The highest BCUT2D eigenvalue weighted by molar-refractivity contribution is 6.06. The van der Waals surface area contributed by atoms with E-state index >= 15 is 0 Å². The smallest absolute Gasteiger partial charge is 0.344 e. The molecule has 6 heteroatoms. The van der Waals surface area contributed by atoms with Crippen LogP contribution in [-0.4, -0.2) is 24.5 Å². The van der Waals surface area contributed by atoms with E-state index in [2.05, 4.69) is 6.58 Å². The second-order valence-electron chi connectivity index (χ2n) is 6.70. The molecule has 0 saturated carbocycles. The maximum absolute atomic E-state index is 12.7. The summed E-state index contributed by atoms with van der Waals surface area (Å²) >= 11 is 0. The predicted octanol–water partition coefficient (Wildman–Crippen LogP) is 4.86. The molecular weight excluding hydrogens is 396 g/mol. The lowest BCUT2D eigenvalue weighted by molar-refractivity contribution is 0.0530. The molecule has 3 rings (SSSR count). The van der Waals surface area contributed by atoms with E-state index in [4.69, 9.17) is 14.2 Å². The lowest BCUT2D eigenvalue weighted by Gasteiger charge is -2.12. The van der Waals surface area contributed by atoms with Gasteiger partial charge in [0.2, 0.25) is 0 Å². The molecule has 156 valence electrons. The first-order valence-corrected chi connectivity index (χ1v) is 9.44. The van der Waals surface area contributed by atoms with Gasteiger partial charge >= 0.3 is 17.9 Å². The van der Waals surface area contributed by atoms with Gasteiger partial charge < -0.3 is 14.2 Å². The maximum Gasteiger partial charge on any atom is 0.344 e. The molecule has 3 aromatic rings. The summed E-state index contributed by atoms with van der Waals surface area (Å²) in [6.45, 7) is 5.36. The number of esters is 3. The van der Waals surface area contributed by atoms with Gasteiger partial charge in [-0.2, -0.15) is 0 Å². The van der Waals surface area contributed by atoms with Crippen LogP contribution in [0.5, 0.6) is 11.5 Å². The summed E-state index contributed by atoms with van der Waals surface area (Å²) in [4.78, 5) is 37.8. The standard InChI is InChI=1S/C25H20O6/c1-17(2)16-29-24(27)22-15-18(23(26)30-19-9-5-3-6-10-19)13-14-21(22)25(28)31-20-11-7-4-8-12-20/h3-15H,1,16H2,2H3. The summed E-state index contributed by atoms with van der Waals surface area (Å²) in [5.74, 6) is -1.54. The Morgan fingerprint density at radius 2 is 1.26 bits per heavy atom. The van der Waals surface area contributed by atoms with Gasteiger partial charge in [-0.3, -0.25) is 0 Å². The van der Waals surface area contributed by atoms with Gasteiger partial charge in [-0.15, -0.1) is 0 Å². The minimum atomic E-state index is -0.780. The van der Waals surface area contributed by atoms with E-state index in [1.165, 1.54) is 18.2 Å². The molecule has 31 heavy (non-hydrogen) atoms. The molecule has 0 heterocycles. The molecular formula is C25H20O6. The minimum absolute atomic E-state index is 0.0231. The van der Waals surface area contributed by atoms with Gasteiger partial charge in [0.1, 0.15) is 18.1 Å². The highest BCUT2D eigenvalue weighted by Gasteiger charge is 2.23. The highest BCUT2D eigenvalue weighted by atomic mass is 16.5. The van der Waals surface area contributed by atoms with E-state index in [1.54, 1.807) is 67.6 Å². The van der Waals surface area contributed by atoms with Gasteiger partial charge in [-0.05, 0) is 55.0 Å². The van der Waals surface area contributed by atoms with Crippen molar-refractivity contribution in [1.29, 1.82) is 0 Å². The molecule has 0 unspecified atom stereocenters. The SMILES string of the molecule is C=C(C)COC(=O)c1cc(C(=O)Oc2ccccc2)ccc1C(=O)Oc1ccccc1. The van der Waals surface area contributed by atoms with Crippen LogP contribution in [0.3, 0.4) is 0 Å². The lowest BCUT2D eigenvalue weighted by atomic mass is 10.0. The fourth-order valence-corrected chi connectivity index (χ4v) is 2.59. The number of carbonyl (C=O) groups is 3. The Labute approximate surface area is 179 Å². The van der Waals surface area contributed by atoms with Crippen molar-refractivity contribution in [1.82, 2.24) is 0 Å². The van der Waals surface area contributed by atoms with Crippen molar-refractivity contribution < 1.29 is 28.6 Å². The third kappa shape index (κ3) is 5.90. The number of benzene rings is 3. The Hall–Kier alpha value is -4.19. The fourth-order valence-electron chi connectivity index (χ4n) is 2.59. The second-order valence-corrected chi connectivity index (χ2v) is 6.70. The van der Waals surface area contributed by atoms with Gasteiger partial charge in [0.05, 0.1) is 16.7 Å². The first-order valence-electron chi connectivity index (χ1n) is 9.44. The molecule has 0 fully saturated rings. The number of hydrogen-bond donors (Lipinski definition) is 0. The molecule has 0 amide bonds. The van der Waals surface area contributed by atoms with Crippen molar-refractivity contribution in [3.8, 4) is 11.5 Å². The number of carbonyl (C=O) groups excluding carboxylic acids is 3. The van der Waals surface area contributed by atoms with E-state index in [0.717, 1.165) is 0 Å². The molecule has 0 bridgehead atoms. The van der Waals surface area contributed by atoms with Crippen molar-refractivity contribution in [3.63, 3.8) is 0 Å². The molecule has 0 aliphatic rings. The zero-order valence-corrected chi connectivity index (χ0v) is 16.9. The quantitative estimate of drug-likeness (QED) is 0.311. The fraction of sp³-hybridized carbons (Fsp3) is 0.0800. The third-order valence-electron chi connectivity index (χ3n) is 4.05. The van der Waals surface area contributed by atoms with Crippen LogP contribution in [-0.2, 0) is 4.74 Å². The van der Waals surface area contributed by atoms with Crippen molar-refractivity contribution >= 4 is 17.9 Å². The third-order valence-corrected chi connectivity index (χ3v) is 4.05. The van der Waals surface area contributed by atoms with Crippen molar-refractivity contribution in [2.45, 2.75) is 6.92 Å². The Morgan fingerprint density at radius 3 is 1.81 bits per heavy atom. The molecule has 6 nitrogen and oxygen atoms in total. The molecule has 0 aliphatic heterocycles. The monoisotopic (exact) mass is 416 g/mol. The molecule has 3 aromatic carbocycles. The van der Waals surface area contributed by atoms with E-state index in [1.807, 2.05) is 0 Å². The molecule has 0 aliphatic carbocycles. The molecule has 0 aromatic heterocycles. The van der Waals surface area contributed by atoms with Crippen LogP contribution in [0.15, 0.2) is 91.0 Å². The van der Waals surface area contributed by atoms with Crippen molar-refractivity contribution in [2.75, 3.05) is 6.61 Å². The maximum atomic E-state index is 12.7. The van der Waals surface area contributed by atoms with Gasteiger partial charge in [0.25, 0.3) is 0 Å². The van der Waals surface area contributed by atoms with Crippen LogP contribution >= 0.6 is 0 Å². The first kappa shape index (κ1) is 21.5. The van der Waals surface area contributed by atoms with Crippen LogP contribution < -0.4 is 9.47 Å². The van der Waals surface area contributed by atoms with Crippen LogP contribution in [0.2, 0.25) is 0 Å². The molecule has 0 N–H and O–H groups in total. The highest BCUT2D eigenvalue weighted by Crippen LogP contribution is 2.20. The molecule has 0 atom stereocenters. The average Bonchev–Trinajstić information content (AvgIpc) is 2.78. The molecule has 0 saturated heterocycles. The van der Waals surface area contributed by atoms with E-state index < -0.39 is 17.9 Å². The van der Waals surface area contributed by atoms with Crippen LogP contribution in [0.1, 0.15) is 38.0 Å². The summed E-state index contributed by atoms with van der Waals surface area (Å²) in [5.41, 5.74) is 0.570. The Balaban J connectivity index is 1.90. The number of ether oxygens (including phenoxy) is 3. The zero-order valence-electron chi connectivity index (χ0n) is 16.9. The van der Waals surface area contributed by atoms with E-state index in [-0.39, 0.29) is 23.3 Å². The van der Waals surface area contributed by atoms with Crippen LogP contribution in [0, 0.1) is 0 Å². The Bertz CT molecular complexity index is 1100. The second kappa shape index (κ2) is 10.0. The first-order chi connectivity index (χ1) is 14.9.